The number of halogens is 1. The number of rotatable bonds is 7. The van der Waals surface area contributed by atoms with E-state index in [0.717, 1.165) is 11.1 Å². The van der Waals surface area contributed by atoms with E-state index in [2.05, 4.69) is 10.2 Å². The van der Waals surface area contributed by atoms with Crippen LogP contribution in [0.15, 0.2) is 59.8 Å². The van der Waals surface area contributed by atoms with Gasteiger partial charge in [0.2, 0.25) is 5.91 Å². The van der Waals surface area contributed by atoms with E-state index in [1.165, 1.54) is 11.8 Å². The molecule has 144 valence electrons. The van der Waals surface area contributed by atoms with Crippen LogP contribution in [0.2, 0.25) is 5.02 Å². The molecule has 7 nitrogen and oxygen atoms in total. The smallest absolute Gasteiger partial charge is 0.318 e. The zero-order valence-corrected chi connectivity index (χ0v) is 16.4. The molecule has 0 fully saturated rings. The highest BCUT2D eigenvalue weighted by Crippen LogP contribution is 2.30. The van der Waals surface area contributed by atoms with Crippen molar-refractivity contribution in [3.05, 3.63) is 65.2 Å². The standard InChI is InChI=1S/C19H18ClN5O2S/c20-15-9-5-4-8-14(15)17-23-24-19(28-11-10-16(26)22-18(21)27)25(17)12-13-6-2-1-3-7-13/h1-9H,10-12H2,(H3,21,22,26,27). The summed E-state index contributed by atoms with van der Waals surface area (Å²) >= 11 is 7.73. The number of nitrogens with one attached hydrogen (secondary N) is 1. The van der Waals surface area contributed by atoms with Gasteiger partial charge in [-0.05, 0) is 17.7 Å². The molecule has 0 saturated heterocycles. The van der Waals surface area contributed by atoms with Crippen LogP contribution in [0, 0.1) is 0 Å². The zero-order chi connectivity index (χ0) is 19.9. The SMILES string of the molecule is NC(=O)NC(=O)CCSc1nnc(-c2ccccc2Cl)n1Cc1ccccc1. The van der Waals surface area contributed by atoms with Crippen LogP contribution in [0.1, 0.15) is 12.0 Å². The summed E-state index contributed by atoms with van der Waals surface area (Å²) in [5.41, 5.74) is 6.82. The third-order valence-electron chi connectivity index (χ3n) is 3.84. The van der Waals surface area contributed by atoms with Gasteiger partial charge in [0.05, 0.1) is 11.6 Å². The molecular weight excluding hydrogens is 398 g/mol. The molecule has 0 radical (unpaired) electrons. The van der Waals surface area contributed by atoms with E-state index in [9.17, 15) is 9.59 Å². The number of amides is 3. The maximum absolute atomic E-state index is 11.6. The molecule has 28 heavy (non-hydrogen) atoms. The van der Waals surface area contributed by atoms with Gasteiger partial charge in [-0.25, -0.2) is 4.79 Å². The lowest BCUT2D eigenvalue weighted by molar-refractivity contribution is -0.119. The van der Waals surface area contributed by atoms with Crippen molar-refractivity contribution in [1.82, 2.24) is 20.1 Å². The molecule has 0 saturated carbocycles. The molecule has 0 aliphatic heterocycles. The van der Waals surface area contributed by atoms with Crippen molar-refractivity contribution in [2.75, 3.05) is 5.75 Å². The predicted octanol–water partition coefficient (Wildman–Crippen LogP) is 3.32. The van der Waals surface area contributed by atoms with Crippen molar-refractivity contribution in [2.24, 2.45) is 5.73 Å². The molecule has 3 amide bonds. The lowest BCUT2D eigenvalue weighted by Gasteiger charge is -2.11. The molecule has 0 aliphatic carbocycles. The van der Waals surface area contributed by atoms with Crippen LogP contribution in [-0.4, -0.2) is 32.5 Å². The second kappa shape index (κ2) is 9.38. The van der Waals surface area contributed by atoms with E-state index in [1.54, 1.807) is 6.07 Å². The highest BCUT2D eigenvalue weighted by atomic mass is 35.5. The summed E-state index contributed by atoms with van der Waals surface area (Å²) in [6.45, 7) is 0.560. The van der Waals surface area contributed by atoms with Gasteiger partial charge >= 0.3 is 6.03 Å². The third kappa shape index (κ3) is 5.11. The summed E-state index contributed by atoms with van der Waals surface area (Å²) in [5.74, 6) is 0.646. The van der Waals surface area contributed by atoms with Gasteiger partial charge in [-0.2, -0.15) is 0 Å². The monoisotopic (exact) mass is 415 g/mol. The first kappa shape index (κ1) is 19.9. The normalized spacial score (nSPS) is 10.6. The predicted molar refractivity (Wildman–Crippen MR) is 109 cm³/mol. The number of nitrogens with zero attached hydrogens (tertiary/aromatic N) is 3. The van der Waals surface area contributed by atoms with Crippen LogP contribution in [-0.2, 0) is 11.3 Å². The molecule has 2 aromatic carbocycles. The fraction of sp³-hybridized carbons (Fsp3) is 0.158. The lowest BCUT2D eigenvalue weighted by atomic mass is 10.2. The second-order valence-corrected chi connectivity index (χ2v) is 7.34. The van der Waals surface area contributed by atoms with Gasteiger partial charge in [-0.15, -0.1) is 10.2 Å². The number of imide groups is 1. The van der Waals surface area contributed by atoms with Gasteiger partial charge in [0.25, 0.3) is 0 Å². The fourth-order valence-electron chi connectivity index (χ4n) is 2.58. The minimum Gasteiger partial charge on any atom is -0.351 e. The average Bonchev–Trinajstić information content (AvgIpc) is 3.05. The number of hydrogen-bond acceptors (Lipinski definition) is 5. The number of thioether (sulfide) groups is 1. The van der Waals surface area contributed by atoms with Crippen molar-refractivity contribution in [1.29, 1.82) is 0 Å². The quantitative estimate of drug-likeness (QED) is 0.576. The molecule has 1 aromatic heterocycles. The first-order chi connectivity index (χ1) is 13.5. The average molecular weight is 416 g/mol. The zero-order valence-electron chi connectivity index (χ0n) is 14.8. The van der Waals surface area contributed by atoms with Crippen LogP contribution < -0.4 is 11.1 Å². The molecule has 0 bridgehead atoms. The van der Waals surface area contributed by atoms with Crippen molar-refractivity contribution >= 4 is 35.3 Å². The van der Waals surface area contributed by atoms with E-state index >= 15 is 0 Å². The Balaban J connectivity index is 1.84. The van der Waals surface area contributed by atoms with Gasteiger partial charge in [0.15, 0.2) is 11.0 Å². The van der Waals surface area contributed by atoms with Crippen LogP contribution in [0.4, 0.5) is 4.79 Å². The number of carbonyl (C=O) groups is 2. The Morgan fingerprint density at radius 3 is 2.50 bits per heavy atom. The van der Waals surface area contributed by atoms with E-state index in [0.29, 0.717) is 28.3 Å². The Hall–Kier alpha value is -2.84. The van der Waals surface area contributed by atoms with Crippen molar-refractivity contribution < 1.29 is 9.59 Å². The van der Waals surface area contributed by atoms with Gasteiger partial charge in [0.1, 0.15) is 0 Å². The minimum absolute atomic E-state index is 0.132. The number of hydrogen-bond donors (Lipinski definition) is 2. The van der Waals surface area contributed by atoms with Gasteiger partial charge in [0, 0.05) is 17.7 Å². The maximum atomic E-state index is 11.6. The van der Waals surface area contributed by atoms with Gasteiger partial charge in [-0.1, -0.05) is 65.8 Å². The summed E-state index contributed by atoms with van der Waals surface area (Å²) in [5, 5.41) is 11.9. The molecule has 3 rings (SSSR count). The van der Waals surface area contributed by atoms with Crippen LogP contribution >= 0.6 is 23.4 Å². The Morgan fingerprint density at radius 2 is 1.79 bits per heavy atom. The molecule has 0 spiro atoms. The maximum Gasteiger partial charge on any atom is 0.318 e. The Labute approximate surface area is 171 Å². The van der Waals surface area contributed by atoms with E-state index in [4.69, 9.17) is 17.3 Å². The molecule has 3 N–H and O–H groups in total. The number of primary amides is 1. The summed E-state index contributed by atoms with van der Waals surface area (Å²) in [6.07, 6.45) is 0.132. The third-order valence-corrected chi connectivity index (χ3v) is 5.14. The Bertz CT molecular complexity index is 977. The first-order valence-corrected chi connectivity index (χ1v) is 9.85. The number of carbonyl (C=O) groups excluding carboxylic acids is 2. The molecule has 0 atom stereocenters. The summed E-state index contributed by atoms with van der Waals surface area (Å²) in [4.78, 5) is 22.3. The van der Waals surface area contributed by atoms with Crippen molar-refractivity contribution in [3.8, 4) is 11.4 Å². The summed E-state index contributed by atoms with van der Waals surface area (Å²) < 4.78 is 1.97. The van der Waals surface area contributed by atoms with Gasteiger partial charge < -0.3 is 5.73 Å². The molecular formula is C19H18ClN5O2S. The van der Waals surface area contributed by atoms with Gasteiger partial charge in [-0.3, -0.25) is 14.7 Å². The molecule has 0 aliphatic rings. The van der Waals surface area contributed by atoms with E-state index in [1.807, 2.05) is 58.4 Å². The van der Waals surface area contributed by atoms with Crippen LogP contribution in [0.3, 0.4) is 0 Å². The minimum atomic E-state index is -0.858. The molecule has 9 heteroatoms. The Kier molecular flexibility index (Phi) is 6.67. The summed E-state index contributed by atoms with van der Waals surface area (Å²) in [7, 11) is 0. The van der Waals surface area contributed by atoms with E-state index < -0.39 is 11.9 Å². The number of nitrogens with two attached hydrogens (primary N) is 1. The Morgan fingerprint density at radius 1 is 1.07 bits per heavy atom. The number of aromatic nitrogens is 3. The van der Waals surface area contributed by atoms with E-state index in [-0.39, 0.29) is 6.42 Å². The largest absolute Gasteiger partial charge is 0.351 e. The van der Waals surface area contributed by atoms with Crippen molar-refractivity contribution in [3.63, 3.8) is 0 Å². The highest BCUT2D eigenvalue weighted by molar-refractivity contribution is 7.99. The highest BCUT2D eigenvalue weighted by Gasteiger charge is 2.17. The fourth-order valence-corrected chi connectivity index (χ4v) is 3.68. The second-order valence-electron chi connectivity index (χ2n) is 5.87. The van der Waals surface area contributed by atoms with Crippen LogP contribution in [0.5, 0.6) is 0 Å². The molecule has 0 unspecified atom stereocenters. The topological polar surface area (TPSA) is 103 Å². The van der Waals surface area contributed by atoms with Crippen molar-refractivity contribution in [2.45, 2.75) is 18.1 Å². The lowest BCUT2D eigenvalue weighted by Crippen LogP contribution is -2.35. The summed E-state index contributed by atoms with van der Waals surface area (Å²) in [6, 6.07) is 16.5. The number of benzene rings is 2. The molecule has 1 heterocycles. The van der Waals surface area contributed by atoms with Crippen LogP contribution in [0.25, 0.3) is 11.4 Å². The number of urea groups is 1. The molecule has 3 aromatic rings. The first-order valence-electron chi connectivity index (χ1n) is 8.48.